The zero-order valence-corrected chi connectivity index (χ0v) is 14.0. The summed E-state index contributed by atoms with van der Waals surface area (Å²) in [5, 5.41) is 5.25. The lowest BCUT2D eigenvalue weighted by Gasteiger charge is -2.09. The van der Waals surface area contributed by atoms with Crippen LogP contribution in [-0.2, 0) is 17.1 Å². The van der Waals surface area contributed by atoms with Gasteiger partial charge in [-0.05, 0) is 30.3 Å². The molecule has 0 spiro atoms. The highest BCUT2D eigenvalue weighted by atomic mass is 79.9. The number of carbonyl (C=O) groups is 1. The minimum absolute atomic E-state index is 0.0112. The van der Waals surface area contributed by atoms with Crippen molar-refractivity contribution in [2.75, 3.05) is 7.11 Å². The van der Waals surface area contributed by atoms with Crippen molar-refractivity contribution in [1.29, 1.82) is 0 Å². The number of ether oxygens (including phenoxy) is 1. The Bertz CT molecular complexity index is 709. The van der Waals surface area contributed by atoms with Gasteiger partial charge in [0.15, 0.2) is 17.3 Å². The standard InChI is InChI=1S/C15H13BrFNO3S/c1-21-14-7-10(3-5-13(14)17)15(19)11-4-2-9(6-12(11)16)8-22(18)20/h2-7H,8,18H2,1H3. The molecule has 0 amide bonds. The van der Waals surface area contributed by atoms with Crippen molar-refractivity contribution in [2.24, 2.45) is 5.14 Å². The molecule has 0 saturated carbocycles. The Morgan fingerprint density at radius 3 is 2.68 bits per heavy atom. The van der Waals surface area contributed by atoms with Crippen LogP contribution in [0.25, 0.3) is 0 Å². The van der Waals surface area contributed by atoms with E-state index in [4.69, 9.17) is 9.88 Å². The van der Waals surface area contributed by atoms with Crippen LogP contribution in [0.5, 0.6) is 5.75 Å². The fourth-order valence-corrected chi connectivity index (χ4v) is 3.07. The first-order chi connectivity index (χ1) is 10.4. The van der Waals surface area contributed by atoms with Crippen molar-refractivity contribution in [1.82, 2.24) is 0 Å². The van der Waals surface area contributed by atoms with Gasteiger partial charge in [0.05, 0.1) is 7.11 Å². The van der Waals surface area contributed by atoms with E-state index in [9.17, 15) is 13.7 Å². The summed E-state index contributed by atoms with van der Waals surface area (Å²) in [4.78, 5) is 12.5. The van der Waals surface area contributed by atoms with Crippen LogP contribution in [0.2, 0.25) is 0 Å². The molecule has 0 fully saturated rings. The zero-order chi connectivity index (χ0) is 16.3. The summed E-state index contributed by atoms with van der Waals surface area (Å²) < 4.78 is 29.9. The second-order valence-corrected chi connectivity index (χ2v) is 6.42. The molecule has 2 aromatic rings. The Morgan fingerprint density at radius 1 is 1.36 bits per heavy atom. The molecule has 0 aromatic heterocycles. The van der Waals surface area contributed by atoms with Crippen molar-refractivity contribution >= 4 is 33.1 Å². The van der Waals surface area contributed by atoms with Gasteiger partial charge in [-0.25, -0.2) is 4.39 Å². The van der Waals surface area contributed by atoms with E-state index in [-0.39, 0.29) is 17.3 Å². The summed E-state index contributed by atoms with van der Waals surface area (Å²) in [5.41, 5.74) is 1.48. The summed E-state index contributed by atoms with van der Waals surface area (Å²) in [6, 6.07) is 8.93. The fraction of sp³-hybridized carbons (Fsp3) is 0.133. The Morgan fingerprint density at radius 2 is 2.09 bits per heavy atom. The lowest BCUT2D eigenvalue weighted by Crippen LogP contribution is -2.14. The quantitative estimate of drug-likeness (QED) is 0.633. The number of methoxy groups -OCH3 is 1. The summed E-state index contributed by atoms with van der Waals surface area (Å²) in [6.45, 7) is 0. The van der Waals surface area contributed by atoms with Crippen LogP contribution >= 0.6 is 15.9 Å². The molecule has 2 rings (SSSR count). The third-order valence-electron chi connectivity index (χ3n) is 3.00. The second kappa shape index (κ2) is 7.23. The number of nitrogens with two attached hydrogens (primary N) is 1. The first-order valence-electron chi connectivity index (χ1n) is 6.22. The van der Waals surface area contributed by atoms with Crippen LogP contribution < -0.4 is 9.88 Å². The van der Waals surface area contributed by atoms with Crippen molar-refractivity contribution < 1.29 is 18.5 Å². The molecule has 0 bridgehead atoms. The third kappa shape index (κ3) is 3.86. The molecule has 4 nitrogen and oxygen atoms in total. The number of carbonyl (C=O) groups excluding carboxylic acids is 1. The van der Waals surface area contributed by atoms with Gasteiger partial charge in [-0.15, -0.1) is 0 Å². The average molecular weight is 386 g/mol. The molecular formula is C15H13BrFNO3S. The van der Waals surface area contributed by atoms with Gasteiger partial charge in [0, 0.05) is 32.5 Å². The Hall–Kier alpha value is -1.41. The van der Waals surface area contributed by atoms with E-state index in [0.29, 0.717) is 15.6 Å². The summed E-state index contributed by atoms with van der Waals surface area (Å²) in [7, 11) is 1.34. The molecule has 0 heterocycles. The maximum atomic E-state index is 13.4. The minimum Gasteiger partial charge on any atom is -0.598 e. The van der Waals surface area contributed by atoms with Gasteiger partial charge < -0.3 is 9.29 Å². The Balaban J connectivity index is 2.33. The zero-order valence-electron chi connectivity index (χ0n) is 11.6. The summed E-state index contributed by atoms with van der Waals surface area (Å²) in [5.74, 6) is -0.584. The van der Waals surface area contributed by atoms with Crippen molar-refractivity contribution in [2.45, 2.75) is 5.75 Å². The number of rotatable bonds is 5. The van der Waals surface area contributed by atoms with E-state index in [1.165, 1.54) is 25.3 Å². The smallest absolute Gasteiger partial charge is 0.194 e. The Kier molecular flexibility index (Phi) is 5.57. The van der Waals surface area contributed by atoms with Gasteiger partial charge in [0.2, 0.25) is 0 Å². The highest BCUT2D eigenvalue weighted by Gasteiger charge is 2.16. The minimum atomic E-state index is -1.45. The van der Waals surface area contributed by atoms with Gasteiger partial charge in [0.25, 0.3) is 0 Å². The maximum absolute atomic E-state index is 13.4. The largest absolute Gasteiger partial charge is 0.598 e. The number of benzene rings is 2. The molecular weight excluding hydrogens is 373 g/mol. The summed E-state index contributed by atoms with van der Waals surface area (Å²) in [6.07, 6.45) is 0. The van der Waals surface area contributed by atoms with Crippen molar-refractivity contribution in [3.8, 4) is 5.75 Å². The van der Waals surface area contributed by atoms with E-state index >= 15 is 0 Å². The number of hydrogen-bond acceptors (Lipinski definition) is 4. The predicted octanol–water partition coefficient (Wildman–Crippen LogP) is 2.95. The highest BCUT2D eigenvalue weighted by molar-refractivity contribution is 9.10. The Labute approximate surface area is 138 Å². The van der Waals surface area contributed by atoms with Gasteiger partial charge in [-0.3, -0.25) is 4.79 Å². The number of ketones is 1. The van der Waals surface area contributed by atoms with Gasteiger partial charge in [-0.2, -0.15) is 5.14 Å². The molecule has 116 valence electrons. The maximum Gasteiger partial charge on any atom is 0.194 e. The summed E-state index contributed by atoms with van der Waals surface area (Å²) >= 11 is 1.87. The lowest BCUT2D eigenvalue weighted by atomic mass is 10.0. The first kappa shape index (κ1) is 17.0. The monoisotopic (exact) mass is 385 g/mol. The van der Waals surface area contributed by atoms with Crippen LogP contribution in [0.3, 0.4) is 0 Å². The van der Waals surface area contributed by atoms with Gasteiger partial charge in [0.1, 0.15) is 5.75 Å². The van der Waals surface area contributed by atoms with E-state index in [1.807, 2.05) is 0 Å². The molecule has 0 aliphatic heterocycles. The molecule has 22 heavy (non-hydrogen) atoms. The normalized spacial score (nSPS) is 12.0. The molecule has 1 atom stereocenters. The van der Waals surface area contributed by atoms with E-state index in [2.05, 4.69) is 15.9 Å². The van der Waals surface area contributed by atoms with Crippen molar-refractivity contribution in [3.05, 3.63) is 63.4 Å². The van der Waals surface area contributed by atoms with Crippen LogP contribution in [0.1, 0.15) is 21.5 Å². The van der Waals surface area contributed by atoms with E-state index < -0.39 is 17.2 Å². The number of hydrogen-bond donors (Lipinski definition) is 1. The average Bonchev–Trinajstić information content (AvgIpc) is 2.46. The highest BCUT2D eigenvalue weighted by Crippen LogP contribution is 2.25. The number of halogens is 2. The molecule has 0 saturated heterocycles. The first-order valence-corrected chi connectivity index (χ1v) is 8.39. The van der Waals surface area contributed by atoms with Crippen LogP contribution in [0.4, 0.5) is 4.39 Å². The molecule has 0 aliphatic rings. The predicted molar refractivity (Wildman–Crippen MR) is 86.6 cm³/mol. The topological polar surface area (TPSA) is 75.4 Å². The SMILES string of the molecule is COc1cc(C(=O)c2ccc(C[S+](N)[O-])cc2Br)ccc1F. The molecule has 2 aromatic carbocycles. The van der Waals surface area contributed by atoms with E-state index in [0.717, 1.165) is 5.56 Å². The molecule has 0 aliphatic carbocycles. The molecule has 1 unspecified atom stereocenters. The van der Waals surface area contributed by atoms with Crippen molar-refractivity contribution in [3.63, 3.8) is 0 Å². The third-order valence-corrected chi connectivity index (χ3v) is 4.27. The van der Waals surface area contributed by atoms with Crippen LogP contribution in [0.15, 0.2) is 40.9 Å². The fourth-order valence-electron chi connectivity index (χ4n) is 1.95. The molecule has 2 N–H and O–H groups in total. The lowest BCUT2D eigenvalue weighted by molar-refractivity contribution is 0.103. The van der Waals surface area contributed by atoms with Crippen LogP contribution in [-0.4, -0.2) is 17.4 Å². The van der Waals surface area contributed by atoms with Gasteiger partial charge in [-0.1, -0.05) is 22.0 Å². The van der Waals surface area contributed by atoms with E-state index in [1.54, 1.807) is 18.2 Å². The second-order valence-electron chi connectivity index (χ2n) is 4.52. The molecule has 0 radical (unpaired) electrons. The molecule has 7 heteroatoms. The van der Waals surface area contributed by atoms with Crippen LogP contribution in [0, 0.1) is 5.82 Å². The van der Waals surface area contributed by atoms with Gasteiger partial charge >= 0.3 is 0 Å².